The Labute approximate surface area is 282 Å². The van der Waals surface area contributed by atoms with Gasteiger partial charge in [-0.1, -0.05) is 154 Å². The Hall–Kier alpha value is -1.21. The minimum atomic E-state index is -5.24. The Balaban J connectivity index is 3.94. The third-order valence-corrected chi connectivity index (χ3v) is 8.74. The van der Waals surface area contributed by atoms with E-state index in [0.717, 1.165) is 51.4 Å². The monoisotopic (exact) mass is 672 g/mol. The van der Waals surface area contributed by atoms with E-state index in [1.807, 2.05) is 0 Å². The summed E-state index contributed by atoms with van der Waals surface area (Å²) in [5.74, 6) is -0.959. The molecule has 0 saturated carbocycles. The molecule has 0 heterocycles. The molecule has 0 aromatic heterocycles. The van der Waals surface area contributed by atoms with E-state index in [-0.39, 0.29) is 19.4 Å². The molecule has 0 aliphatic rings. The molecule has 0 N–H and O–H groups in total. The van der Waals surface area contributed by atoms with Gasteiger partial charge in [0.15, 0.2) is 6.10 Å². The maximum atomic E-state index is 12.3. The van der Waals surface area contributed by atoms with Crippen molar-refractivity contribution in [2.45, 2.75) is 200 Å². The van der Waals surface area contributed by atoms with Crippen LogP contribution in [-0.4, -0.2) is 31.3 Å². The van der Waals surface area contributed by atoms with Gasteiger partial charge in [0, 0.05) is 12.8 Å². The van der Waals surface area contributed by atoms with Crippen molar-refractivity contribution in [2.75, 3.05) is 13.2 Å². The molecular weight excluding hydrogens is 603 g/mol. The Kier molecular flexibility index (Phi) is 32.8. The summed E-state index contributed by atoms with van der Waals surface area (Å²) in [4.78, 5) is 46.4. The molecule has 272 valence electrons. The van der Waals surface area contributed by atoms with Gasteiger partial charge < -0.3 is 28.3 Å². The molecule has 0 unspecified atom stereocenters. The smallest absolute Gasteiger partial charge is 0.306 e. The quantitative estimate of drug-likeness (QED) is 0.0282. The Morgan fingerprint density at radius 2 is 0.913 bits per heavy atom. The zero-order valence-corrected chi connectivity index (χ0v) is 30.6. The second kappa shape index (κ2) is 33.7. The molecule has 0 saturated heterocycles. The topological polar surface area (TPSA) is 125 Å². The van der Waals surface area contributed by atoms with E-state index in [4.69, 9.17) is 9.47 Å². The number of hydrogen-bond acceptors (Lipinski definition) is 8. The molecular formula is C37H69O8P-2. The van der Waals surface area contributed by atoms with Crippen molar-refractivity contribution in [3.05, 3.63) is 12.2 Å². The van der Waals surface area contributed by atoms with E-state index in [1.165, 1.54) is 103 Å². The van der Waals surface area contributed by atoms with E-state index >= 15 is 0 Å². The van der Waals surface area contributed by atoms with Crippen LogP contribution in [0.3, 0.4) is 0 Å². The summed E-state index contributed by atoms with van der Waals surface area (Å²) in [7, 11) is -5.24. The Morgan fingerprint density at radius 3 is 1.35 bits per heavy atom. The molecule has 0 amide bonds. The number of carbonyl (C=O) groups excluding carboxylic acids is 2. The average Bonchev–Trinajstić information content (AvgIpc) is 3.02. The second-order valence-electron chi connectivity index (χ2n) is 12.9. The molecule has 0 aromatic rings. The number of allylic oxidation sites excluding steroid dienone is 2. The lowest BCUT2D eigenvalue weighted by Gasteiger charge is -2.30. The highest BCUT2D eigenvalue weighted by atomic mass is 31.2. The van der Waals surface area contributed by atoms with E-state index in [1.54, 1.807) is 0 Å². The van der Waals surface area contributed by atoms with Gasteiger partial charge in [-0.05, 0) is 38.5 Å². The first-order chi connectivity index (χ1) is 22.3. The molecule has 0 rings (SSSR count). The van der Waals surface area contributed by atoms with Gasteiger partial charge in [0.05, 0.1) is 14.4 Å². The molecule has 0 aliphatic carbocycles. The molecule has 8 nitrogen and oxygen atoms in total. The fourth-order valence-corrected chi connectivity index (χ4v) is 5.77. The van der Waals surface area contributed by atoms with Crippen LogP contribution in [0.1, 0.15) is 194 Å². The maximum absolute atomic E-state index is 12.3. The highest BCUT2D eigenvalue weighted by Crippen LogP contribution is 2.25. The van der Waals surface area contributed by atoms with Gasteiger partial charge in [-0.2, -0.15) is 0 Å². The molecule has 0 radical (unpaired) electrons. The number of unbranched alkanes of at least 4 members (excludes halogenated alkanes) is 23. The standard InChI is InChI=1S/C37H71O8P/c1-3-5-7-9-11-13-15-17-18-20-21-23-25-27-29-31-36(38)43-33-35(34-44-46(40,41)42)45-37(39)32-30-28-26-24-22-19-16-14-12-10-8-6-4-2/h14,16,35H,3-13,15,17-34H2,1-2H3,(H2,40,41,42)/p-2/b16-14-/t35-/m1/s1. The molecule has 0 aromatic carbocycles. The molecule has 0 bridgehead atoms. The lowest BCUT2D eigenvalue weighted by molar-refractivity contribution is -0.343. The summed E-state index contributed by atoms with van der Waals surface area (Å²) in [6.45, 7) is 3.48. The SMILES string of the molecule is CCCCCC/C=C\CCCCCCCC(=O)O[C@H](COC(=O)CCCCCCCCCCCCCCCCC)COP(=O)([O-])[O-]. The predicted molar refractivity (Wildman–Crippen MR) is 184 cm³/mol. The Morgan fingerprint density at radius 1 is 0.543 bits per heavy atom. The van der Waals surface area contributed by atoms with Crippen LogP contribution >= 0.6 is 7.82 Å². The van der Waals surface area contributed by atoms with Crippen molar-refractivity contribution in [3.63, 3.8) is 0 Å². The summed E-state index contributed by atoms with van der Waals surface area (Å²) < 4.78 is 25.7. The summed E-state index contributed by atoms with van der Waals surface area (Å²) in [5.41, 5.74) is 0. The van der Waals surface area contributed by atoms with E-state index in [2.05, 4.69) is 30.5 Å². The summed E-state index contributed by atoms with van der Waals surface area (Å²) in [6, 6.07) is 0. The van der Waals surface area contributed by atoms with E-state index in [9.17, 15) is 23.9 Å². The zero-order valence-electron chi connectivity index (χ0n) is 29.7. The lowest BCUT2D eigenvalue weighted by atomic mass is 10.0. The predicted octanol–water partition coefficient (Wildman–Crippen LogP) is 9.81. The van der Waals surface area contributed by atoms with E-state index in [0.29, 0.717) is 12.8 Å². The van der Waals surface area contributed by atoms with Gasteiger partial charge in [-0.15, -0.1) is 0 Å². The van der Waals surface area contributed by atoms with Crippen molar-refractivity contribution in [2.24, 2.45) is 0 Å². The van der Waals surface area contributed by atoms with Gasteiger partial charge in [-0.25, -0.2) is 0 Å². The van der Waals surface area contributed by atoms with Crippen molar-refractivity contribution in [1.29, 1.82) is 0 Å². The lowest BCUT2D eigenvalue weighted by Crippen LogP contribution is -2.31. The highest BCUT2D eigenvalue weighted by molar-refractivity contribution is 7.43. The molecule has 0 aliphatic heterocycles. The van der Waals surface area contributed by atoms with E-state index < -0.39 is 32.5 Å². The van der Waals surface area contributed by atoms with Gasteiger partial charge in [-0.3, -0.25) is 9.59 Å². The van der Waals surface area contributed by atoms with Gasteiger partial charge in [0.2, 0.25) is 0 Å². The normalized spacial score (nSPS) is 12.5. The van der Waals surface area contributed by atoms with Crippen molar-refractivity contribution in [3.8, 4) is 0 Å². The zero-order chi connectivity index (χ0) is 34.0. The number of phosphoric ester groups is 1. The van der Waals surface area contributed by atoms with Crippen LogP contribution in [-0.2, 0) is 28.2 Å². The summed E-state index contributed by atoms with van der Waals surface area (Å²) >= 11 is 0. The number of esters is 2. The van der Waals surface area contributed by atoms with Crippen LogP contribution in [0.2, 0.25) is 0 Å². The first-order valence-corrected chi connectivity index (χ1v) is 20.4. The number of carbonyl (C=O) groups is 2. The maximum Gasteiger partial charge on any atom is 0.306 e. The fourth-order valence-electron chi connectivity index (χ4n) is 5.42. The molecule has 46 heavy (non-hydrogen) atoms. The average molecular weight is 673 g/mol. The van der Waals surface area contributed by atoms with Crippen LogP contribution in [0, 0.1) is 0 Å². The molecule has 1 atom stereocenters. The highest BCUT2D eigenvalue weighted by Gasteiger charge is 2.18. The van der Waals surface area contributed by atoms with Crippen LogP contribution in [0.25, 0.3) is 0 Å². The first kappa shape index (κ1) is 44.8. The first-order valence-electron chi connectivity index (χ1n) is 18.9. The van der Waals surface area contributed by atoms with Gasteiger partial charge in [0.25, 0.3) is 0 Å². The van der Waals surface area contributed by atoms with Crippen LogP contribution < -0.4 is 9.79 Å². The third kappa shape index (κ3) is 35.6. The van der Waals surface area contributed by atoms with Crippen molar-refractivity contribution < 1.29 is 37.9 Å². The van der Waals surface area contributed by atoms with Crippen LogP contribution in [0.15, 0.2) is 12.2 Å². The van der Waals surface area contributed by atoms with Crippen molar-refractivity contribution >= 4 is 19.8 Å². The summed E-state index contributed by atoms with van der Waals surface area (Å²) in [5, 5.41) is 0. The fraction of sp³-hybridized carbons (Fsp3) is 0.892. The Bertz CT molecular complexity index is 766. The molecule has 0 fully saturated rings. The van der Waals surface area contributed by atoms with Gasteiger partial charge in [0.1, 0.15) is 6.61 Å². The second-order valence-corrected chi connectivity index (χ2v) is 14.0. The number of rotatable bonds is 35. The minimum Gasteiger partial charge on any atom is -0.790 e. The summed E-state index contributed by atoms with van der Waals surface area (Å²) in [6.07, 6.45) is 34.6. The van der Waals surface area contributed by atoms with Crippen molar-refractivity contribution in [1.82, 2.24) is 0 Å². The third-order valence-electron chi connectivity index (χ3n) is 8.27. The number of hydrogen-bond donors (Lipinski definition) is 0. The molecule has 9 heteroatoms. The van der Waals surface area contributed by atoms with Crippen LogP contribution in [0.5, 0.6) is 0 Å². The molecule has 0 spiro atoms. The minimum absolute atomic E-state index is 0.174. The number of phosphoric acid groups is 1. The largest absolute Gasteiger partial charge is 0.790 e. The van der Waals surface area contributed by atoms with Crippen LogP contribution in [0.4, 0.5) is 0 Å². The number of ether oxygens (including phenoxy) is 2. The van der Waals surface area contributed by atoms with Gasteiger partial charge >= 0.3 is 11.9 Å².